The Kier molecular flexibility index (Phi) is 5.41. The smallest absolute Gasteiger partial charge is 0.410 e. The number of hydrogen-bond donors (Lipinski definition) is 2. The van der Waals surface area contributed by atoms with Gasteiger partial charge in [-0.2, -0.15) is 0 Å². The molecular formula is C13H26N2O3. The summed E-state index contributed by atoms with van der Waals surface area (Å²) in [5.41, 5.74) is 4.98. The van der Waals surface area contributed by atoms with Crippen LogP contribution < -0.4 is 5.73 Å². The molecule has 0 aliphatic carbocycles. The lowest BCUT2D eigenvalue weighted by Gasteiger charge is -2.36. The second-order valence-corrected chi connectivity index (χ2v) is 5.97. The highest BCUT2D eigenvalue weighted by Crippen LogP contribution is 2.22. The third kappa shape index (κ3) is 4.82. The lowest BCUT2D eigenvalue weighted by molar-refractivity contribution is 0.00201. The average molecular weight is 258 g/mol. The number of rotatable bonds is 3. The summed E-state index contributed by atoms with van der Waals surface area (Å²) < 4.78 is 5.35. The molecule has 0 aromatic heterocycles. The van der Waals surface area contributed by atoms with Gasteiger partial charge in [-0.25, -0.2) is 4.79 Å². The number of aliphatic hydroxyl groups is 1. The molecule has 0 aromatic carbocycles. The van der Waals surface area contributed by atoms with Gasteiger partial charge < -0.3 is 20.5 Å². The molecule has 1 unspecified atom stereocenters. The number of amides is 1. The van der Waals surface area contributed by atoms with Crippen LogP contribution >= 0.6 is 0 Å². The molecule has 3 N–H and O–H groups in total. The molecule has 1 rings (SSSR count). The Balaban J connectivity index is 2.50. The Morgan fingerprint density at radius 3 is 2.78 bits per heavy atom. The molecule has 5 heteroatoms. The summed E-state index contributed by atoms with van der Waals surface area (Å²) in [4.78, 5) is 13.6. The molecule has 1 aliphatic rings. The molecule has 5 nitrogen and oxygen atoms in total. The first-order valence-corrected chi connectivity index (χ1v) is 6.69. The van der Waals surface area contributed by atoms with Crippen LogP contribution in [0.5, 0.6) is 0 Å². The van der Waals surface area contributed by atoms with Crippen LogP contribution in [0.1, 0.15) is 40.0 Å². The van der Waals surface area contributed by atoms with Crippen LogP contribution in [0, 0.1) is 5.92 Å². The maximum absolute atomic E-state index is 11.9. The first kappa shape index (κ1) is 15.2. The SMILES string of the molecule is CC(C)(C)OC(=O)N1CCCC([C@H](O)CCN)C1. The predicted molar refractivity (Wildman–Crippen MR) is 70.2 cm³/mol. The van der Waals surface area contributed by atoms with E-state index in [2.05, 4.69) is 0 Å². The van der Waals surface area contributed by atoms with Gasteiger partial charge in [0.05, 0.1) is 6.10 Å². The molecule has 1 heterocycles. The molecule has 18 heavy (non-hydrogen) atoms. The topological polar surface area (TPSA) is 75.8 Å². The lowest BCUT2D eigenvalue weighted by Crippen LogP contribution is -2.45. The third-order valence-electron chi connectivity index (χ3n) is 3.12. The van der Waals surface area contributed by atoms with E-state index in [1.807, 2.05) is 20.8 Å². The van der Waals surface area contributed by atoms with E-state index in [0.717, 1.165) is 12.8 Å². The largest absolute Gasteiger partial charge is 0.444 e. The normalized spacial score (nSPS) is 22.7. The maximum Gasteiger partial charge on any atom is 0.410 e. The van der Waals surface area contributed by atoms with Crippen LogP contribution in [0.25, 0.3) is 0 Å². The number of nitrogens with two attached hydrogens (primary N) is 1. The number of likely N-dealkylation sites (tertiary alicyclic amines) is 1. The Morgan fingerprint density at radius 2 is 2.22 bits per heavy atom. The number of nitrogens with zero attached hydrogens (tertiary/aromatic N) is 1. The minimum atomic E-state index is -0.472. The number of carbonyl (C=O) groups is 1. The fraction of sp³-hybridized carbons (Fsp3) is 0.923. The Morgan fingerprint density at radius 1 is 1.56 bits per heavy atom. The van der Waals surface area contributed by atoms with Gasteiger partial charge >= 0.3 is 6.09 Å². The lowest BCUT2D eigenvalue weighted by atomic mass is 9.91. The molecule has 106 valence electrons. The van der Waals surface area contributed by atoms with Crippen LogP contribution in [-0.4, -0.2) is 47.4 Å². The summed E-state index contributed by atoms with van der Waals surface area (Å²) in [5, 5.41) is 9.95. The van der Waals surface area contributed by atoms with E-state index in [1.165, 1.54) is 0 Å². The zero-order valence-electron chi connectivity index (χ0n) is 11.7. The highest BCUT2D eigenvalue weighted by molar-refractivity contribution is 5.68. The van der Waals surface area contributed by atoms with Crippen molar-refractivity contribution in [3.05, 3.63) is 0 Å². The van der Waals surface area contributed by atoms with Crippen molar-refractivity contribution in [2.45, 2.75) is 51.7 Å². The van der Waals surface area contributed by atoms with Gasteiger partial charge in [0.1, 0.15) is 5.60 Å². The molecular weight excluding hydrogens is 232 g/mol. The fourth-order valence-corrected chi connectivity index (χ4v) is 2.22. The minimum Gasteiger partial charge on any atom is -0.444 e. The second kappa shape index (κ2) is 6.38. The highest BCUT2D eigenvalue weighted by Gasteiger charge is 2.30. The number of piperidine rings is 1. The van der Waals surface area contributed by atoms with Crippen molar-refractivity contribution >= 4 is 6.09 Å². The van der Waals surface area contributed by atoms with Gasteiger partial charge in [-0.1, -0.05) is 0 Å². The van der Waals surface area contributed by atoms with E-state index in [-0.39, 0.29) is 12.0 Å². The quantitative estimate of drug-likeness (QED) is 0.801. The summed E-state index contributed by atoms with van der Waals surface area (Å²) in [6.45, 7) is 7.32. The van der Waals surface area contributed by atoms with Crippen molar-refractivity contribution < 1.29 is 14.6 Å². The van der Waals surface area contributed by atoms with Crippen LogP contribution in [0.2, 0.25) is 0 Å². The summed E-state index contributed by atoms with van der Waals surface area (Å²) in [7, 11) is 0. The first-order valence-electron chi connectivity index (χ1n) is 6.69. The number of aliphatic hydroxyl groups excluding tert-OH is 1. The van der Waals surface area contributed by atoms with Crippen molar-refractivity contribution in [1.82, 2.24) is 4.90 Å². The molecule has 1 fully saturated rings. The van der Waals surface area contributed by atoms with E-state index in [0.29, 0.717) is 26.1 Å². The molecule has 0 radical (unpaired) electrons. The van der Waals surface area contributed by atoms with Gasteiger partial charge in [0.15, 0.2) is 0 Å². The Labute approximate surface area is 109 Å². The minimum absolute atomic E-state index is 0.120. The summed E-state index contributed by atoms with van der Waals surface area (Å²) in [6, 6.07) is 0. The fourth-order valence-electron chi connectivity index (χ4n) is 2.22. The summed E-state index contributed by atoms with van der Waals surface area (Å²) >= 11 is 0. The van der Waals surface area contributed by atoms with E-state index < -0.39 is 11.7 Å². The Bertz CT molecular complexity index is 276. The zero-order valence-corrected chi connectivity index (χ0v) is 11.7. The molecule has 1 aliphatic heterocycles. The molecule has 0 saturated carbocycles. The Hall–Kier alpha value is -0.810. The van der Waals surface area contributed by atoms with Gasteiger partial charge in [0.25, 0.3) is 0 Å². The van der Waals surface area contributed by atoms with Gasteiger partial charge in [0.2, 0.25) is 0 Å². The zero-order chi connectivity index (χ0) is 13.8. The standard InChI is InChI=1S/C13H26N2O3/c1-13(2,3)18-12(17)15-8-4-5-10(9-15)11(16)6-7-14/h10-11,16H,4-9,14H2,1-3H3/t10?,11-/m1/s1. The molecule has 2 atom stereocenters. The van der Waals surface area contributed by atoms with Gasteiger partial charge in [-0.15, -0.1) is 0 Å². The van der Waals surface area contributed by atoms with E-state index in [1.54, 1.807) is 4.90 Å². The van der Waals surface area contributed by atoms with E-state index in [4.69, 9.17) is 10.5 Å². The molecule has 1 saturated heterocycles. The van der Waals surface area contributed by atoms with E-state index in [9.17, 15) is 9.90 Å². The van der Waals surface area contributed by atoms with Crippen molar-refractivity contribution in [2.75, 3.05) is 19.6 Å². The van der Waals surface area contributed by atoms with Crippen LogP contribution in [0.4, 0.5) is 4.79 Å². The monoisotopic (exact) mass is 258 g/mol. The highest BCUT2D eigenvalue weighted by atomic mass is 16.6. The molecule has 0 aromatic rings. The number of hydrogen-bond acceptors (Lipinski definition) is 4. The van der Waals surface area contributed by atoms with Gasteiger partial charge in [-0.3, -0.25) is 0 Å². The number of ether oxygens (including phenoxy) is 1. The maximum atomic E-state index is 11.9. The van der Waals surface area contributed by atoms with Crippen LogP contribution in [-0.2, 0) is 4.74 Å². The van der Waals surface area contributed by atoms with E-state index >= 15 is 0 Å². The first-order chi connectivity index (χ1) is 8.33. The third-order valence-corrected chi connectivity index (χ3v) is 3.12. The summed E-state index contributed by atoms with van der Waals surface area (Å²) in [5.74, 6) is 0.120. The van der Waals surface area contributed by atoms with Crippen molar-refractivity contribution in [2.24, 2.45) is 11.7 Å². The van der Waals surface area contributed by atoms with Crippen LogP contribution in [0.3, 0.4) is 0 Å². The predicted octanol–water partition coefficient (Wildman–Crippen LogP) is 1.34. The van der Waals surface area contributed by atoms with Crippen molar-refractivity contribution in [1.29, 1.82) is 0 Å². The van der Waals surface area contributed by atoms with Crippen molar-refractivity contribution in [3.63, 3.8) is 0 Å². The van der Waals surface area contributed by atoms with Gasteiger partial charge in [-0.05, 0) is 46.6 Å². The molecule has 0 spiro atoms. The van der Waals surface area contributed by atoms with Crippen molar-refractivity contribution in [3.8, 4) is 0 Å². The number of carbonyl (C=O) groups excluding carboxylic acids is 1. The molecule has 0 bridgehead atoms. The second-order valence-electron chi connectivity index (χ2n) is 5.97. The molecule has 1 amide bonds. The van der Waals surface area contributed by atoms with Crippen LogP contribution in [0.15, 0.2) is 0 Å². The summed E-state index contributed by atoms with van der Waals surface area (Å²) in [6.07, 6.45) is 1.74. The van der Waals surface area contributed by atoms with Gasteiger partial charge in [0, 0.05) is 19.0 Å². The average Bonchev–Trinajstić information content (AvgIpc) is 2.27.